The monoisotopic (exact) mass is 238 g/mol. The van der Waals surface area contributed by atoms with Crippen molar-refractivity contribution in [1.29, 1.82) is 0 Å². The minimum Gasteiger partial charge on any atom is -0.335 e. The van der Waals surface area contributed by atoms with Gasteiger partial charge in [-0.15, -0.1) is 0 Å². The standard InChI is InChI=1S/C10H17F3N2O/c1-7-4-3-5-8(14-7)9(16)15(2)6-10(11,12)13/h7-8,14H,3-6H2,1-2H3. The fourth-order valence-corrected chi connectivity index (χ4v) is 1.95. The number of carbonyl (C=O) groups excluding carboxylic acids is 1. The van der Waals surface area contributed by atoms with Crippen molar-refractivity contribution in [3.8, 4) is 0 Å². The first-order chi connectivity index (χ1) is 7.29. The van der Waals surface area contributed by atoms with Gasteiger partial charge in [-0.05, 0) is 26.2 Å². The van der Waals surface area contributed by atoms with Gasteiger partial charge in [-0.3, -0.25) is 4.79 Å². The van der Waals surface area contributed by atoms with Crippen LogP contribution in [0.25, 0.3) is 0 Å². The summed E-state index contributed by atoms with van der Waals surface area (Å²) in [4.78, 5) is 12.4. The Morgan fingerprint density at radius 3 is 2.56 bits per heavy atom. The zero-order valence-corrected chi connectivity index (χ0v) is 9.47. The molecular weight excluding hydrogens is 221 g/mol. The summed E-state index contributed by atoms with van der Waals surface area (Å²) >= 11 is 0. The van der Waals surface area contributed by atoms with Crippen LogP contribution in [0.4, 0.5) is 13.2 Å². The molecular formula is C10H17F3N2O. The summed E-state index contributed by atoms with van der Waals surface area (Å²) in [5.74, 6) is -0.469. The molecule has 1 aliphatic rings. The summed E-state index contributed by atoms with van der Waals surface area (Å²) in [6, 6.07) is -0.266. The molecule has 2 unspecified atom stereocenters. The molecule has 0 saturated carbocycles. The Morgan fingerprint density at radius 1 is 1.44 bits per heavy atom. The zero-order chi connectivity index (χ0) is 12.3. The van der Waals surface area contributed by atoms with Gasteiger partial charge in [-0.1, -0.05) is 0 Å². The second kappa shape index (κ2) is 5.03. The third-order valence-electron chi connectivity index (χ3n) is 2.71. The van der Waals surface area contributed by atoms with Crippen molar-refractivity contribution in [1.82, 2.24) is 10.2 Å². The van der Waals surface area contributed by atoms with E-state index in [4.69, 9.17) is 0 Å². The Morgan fingerprint density at radius 2 is 2.06 bits per heavy atom. The molecule has 0 spiro atoms. The van der Waals surface area contributed by atoms with Gasteiger partial charge in [-0.25, -0.2) is 0 Å². The Hall–Kier alpha value is -0.780. The Labute approximate surface area is 93.0 Å². The highest BCUT2D eigenvalue weighted by molar-refractivity contribution is 5.81. The van der Waals surface area contributed by atoms with E-state index < -0.39 is 24.7 Å². The summed E-state index contributed by atoms with van der Waals surface area (Å²) in [5, 5.41) is 3.02. The van der Waals surface area contributed by atoms with Crippen LogP contribution < -0.4 is 5.32 Å². The molecule has 3 nitrogen and oxygen atoms in total. The largest absolute Gasteiger partial charge is 0.406 e. The summed E-state index contributed by atoms with van der Waals surface area (Å²) < 4.78 is 36.3. The van der Waals surface area contributed by atoms with E-state index in [1.807, 2.05) is 6.92 Å². The van der Waals surface area contributed by atoms with Crippen LogP contribution in [0.2, 0.25) is 0 Å². The van der Waals surface area contributed by atoms with Crippen LogP contribution in [-0.4, -0.2) is 42.7 Å². The molecule has 1 saturated heterocycles. The predicted octanol–water partition coefficient (Wildman–Crippen LogP) is 1.54. The number of amides is 1. The maximum Gasteiger partial charge on any atom is 0.406 e. The average Bonchev–Trinajstić information content (AvgIpc) is 2.14. The molecule has 1 N–H and O–H groups in total. The Bertz CT molecular complexity index is 255. The summed E-state index contributed by atoms with van der Waals surface area (Å²) in [7, 11) is 1.19. The molecule has 1 heterocycles. The topological polar surface area (TPSA) is 32.3 Å². The van der Waals surface area contributed by atoms with E-state index in [-0.39, 0.29) is 6.04 Å². The van der Waals surface area contributed by atoms with Crippen molar-refractivity contribution in [2.75, 3.05) is 13.6 Å². The van der Waals surface area contributed by atoms with Crippen LogP contribution in [0.3, 0.4) is 0 Å². The number of piperidine rings is 1. The first kappa shape index (κ1) is 13.3. The van der Waals surface area contributed by atoms with Gasteiger partial charge in [0.2, 0.25) is 5.91 Å². The van der Waals surface area contributed by atoms with Crippen molar-refractivity contribution < 1.29 is 18.0 Å². The Balaban J connectivity index is 2.49. The molecule has 16 heavy (non-hydrogen) atoms. The van der Waals surface area contributed by atoms with E-state index in [0.717, 1.165) is 17.7 Å². The van der Waals surface area contributed by atoms with Crippen molar-refractivity contribution >= 4 is 5.91 Å². The fraction of sp³-hybridized carbons (Fsp3) is 0.900. The third kappa shape index (κ3) is 4.00. The minimum atomic E-state index is -4.33. The van der Waals surface area contributed by atoms with E-state index in [1.165, 1.54) is 7.05 Å². The second-order valence-corrected chi connectivity index (χ2v) is 4.36. The highest BCUT2D eigenvalue weighted by Crippen LogP contribution is 2.18. The SMILES string of the molecule is CC1CCCC(C(=O)N(C)CC(F)(F)F)N1. The van der Waals surface area contributed by atoms with E-state index in [0.29, 0.717) is 6.42 Å². The van der Waals surface area contributed by atoms with Crippen molar-refractivity contribution in [3.63, 3.8) is 0 Å². The lowest BCUT2D eigenvalue weighted by Gasteiger charge is -2.31. The molecule has 6 heteroatoms. The number of rotatable bonds is 2. The smallest absolute Gasteiger partial charge is 0.335 e. The fourth-order valence-electron chi connectivity index (χ4n) is 1.95. The number of alkyl halides is 3. The highest BCUT2D eigenvalue weighted by Gasteiger charge is 2.34. The number of halogens is 3. The molecule has 0 aromatic heterocycles. The van der Waals surface area contributed by atoms with Gasteiger partial charge >= 0.3 is 6.18 Å². The van der Waals surface area contributed by atoms with Gasteiger partial charge in [-0.2, -0.15) is 13.2 Å². The van der Waals surface area contributed by atoms with Crippen LogP contribution in [-0.2, 0) is 4.79 Å². The van der Waals surface area contributed by atoms with E-state index in [1.54, 1.807) is 0 Å². The molecule has 0 radical (unpaired) electrons. The quantitative estimate of drug-likeness (QED) is 0.791. The van der Waals surface area contributed by atoms with Crippen molar-refractivity contribution in [2.24, 2.45) is 0 Å². The van der Waals surface area contributed by atoms with Crippen molar-refractivity contribution in [3.05, 3.63) is 0 Å². The number of carbonyl (C=O) groups is 1. The van der Waals surface area contributed by atoms with Gasteiger partial charge < -0.3 is 10.2 Å². The molecule has 2 atom stereocenters. The molecule has 0 bridgehead atoms. The van der Waals surface area contributed by atoms with Gasteiger partial charge in [0.1, 0.15) is 6.54 Å². The molecule has 0 aromatic carbocycles. The number of hydrogen-bond acceptors (Lipinski definition) is 2. The first-order valence-electron chi connectivity index (χ1n) is 5.37. The average molecular weight is 238 g/mol. The molecule has 1 fully saturated rings. The lowest BCUT2D eigenvalue weighted by atomic mass is 9.99. The van der Waals surface area contributed by atoms with Crippen molar-refractivity contribution in [2.45, 2.75) is 44.4 Å². The molecule has 0 aromatic rings. The van der Waals surface area contributed by atoms with Gasteiger partial charge in [0, 0.05) is 13.1 Å². The lowest BCUT2D eigenvalue weighted by Crippen LogP contribution is -2.51. The third-order valence-corrected chi connectivity index (χ3v) is 2.71. The lowest BCUT2D eigenvalue weighted by molar-refractivity contribution is -0.160. The van der Waals surface area contributed by atoms with Crippen LogP contribution in [0.1, 0.15) is 26.2 Å². The van der Waals surface area contributed by atoms with Crippen LogP contribution >= 0.6 is 0 Å². The predicted molar refractivity (Wildman–Crippen MR) is 53.9 cm³/mol. The first-order valence-corrected chi connectivity index (χ1v) is 5.37. The van der Waals surface area contributed by atoms with Gasteiger partial charge in [0.25, 0.3) is 0 Å². The number of likely N-dealkylation sites (N-methyl/N-ethyl adjacent to an activating group) is 1. The maximum atomic E-state index is 12.1. The van der Waals surface area contributed by atoms with Gasteiger partial charge in [0.15, 0.2) is 0 Å². The summed E-state index contributed by atoms with van der Waals surface area (Å²) in [6.45, 7) is 0.752. The van der Waals surface area contributed by atoms with E-state index in [2.05, 4.69) is 5.32 Å². The molecule has 1 rings (SSSR count). The molecule has 1 amide bonds. The van der Waals surface area contributed by atoms with Crippen LogP contribution in [0.5, 0.6) is 0 Å². The van der Waals surface area contributed by atoms with E-state index >= 15 is 0 Å². The molecule has 1 aliphatic heterocycles. The number of hydrogen-bond donors (Lipinski definition) is 1. The molecule has 0 aliphatic carbocycles. The molecule has 94 valence electrons. The normalized spacial score (nSPS) is 26.6. The van der Waals surface area contributed by atoms with E-state index in [9.17, 15) is 18.0 Å². The van der Waals surface area contributed by atoms with Gasteiger partial charge in [0.05, 0.1) is 6.04 Å². The Kier molecular flexibility index (Phi) is 4.18. The summed E-state index contributed by atoms with van der Waals surface area (Å²) in [6.07, 6.45) is -1.87. The minimum absolute atomic E-state index is 0.196. The zero-order valence-electron chi connectivity index (χ0n) is 9.47. The van der Waals surface area contributed by atoms with Crippen LogP contribution in [0, 0.1) is 0 Å². The number of nitrogens with zero attached hydrogens (tertiary/aromatic N) is 1. The summed E-state index contributed by atoms with van der Waals surface area (Å²) in [5.41, 5.74) is 0. The second-order valence-electron chi connectivity index (χ2n) is 4.36. The number of nitrogens with one attached hydrogen (secondary N) is 1. The highest BCUT2D eigenvalue weighted by atomic mass is 19.4. The maximum absolute atomic E-state index is 12.1. The van der Waals surface area contributed by atoms with Crippen LogP contribution in [0.15, 0.2) is 0 Å².